The molecule has 0 N–H and O–H groups in total. The van der Waals surface area contributed by atoms with Gasteiger partial charge < -0.3 is 24.5 Å². The summed E-state index contributed by atoms with van der Waals surface area (Å²) < 4.78 is 12.6. The second-order valence-electron chi connectivity index (χ2n) is 7.73. The van der Waals surface area contributed by atoms with Crippen LogP contribution in [0.15, 0.2) is 6.20 Å². The minimum absolute atomic E-state index is 0.194. The maximum Gasteiger partial charge on any atom is 0.414 e. The second-order valence-corrected chi connectivity index (χ2v) is 7.73. The molecule has 0 saturated carbocycles. The second kappa shape index (κ2) is 7.10. The molecule has 0 bridgehead atoms. The number of rotatable bonds is 3. The Morgan fingerprint density at radius 2 is 2.12 bits per heavy atom. The molecule has 2 aliphatic heterocycles. The Hall–Kier alpha value is -2.36. The van der Waals surface area contributed by atoms with Gasteiger partial charge in [0.2, 0.25) is 0 Å². The van der Waals surface area contributed by atoms with Gasteiger partial charge in [0.15, 0.2) is 0 Å². The molecule has 10 heteroatoms. The van der Waals surface area contributed by atoms with Gasteiger partial charge >= 0.3 is 17.9 Å². The SMILES string of the molecule is CC(C)(C)OC(=O)N1CC(CN2CCOc3nc([N+](=O)[O-])cn3CC2)C1. The van der Waals surface area contributed by atoms with Crippen molar-refractivity contribution in [3.05, 3.63) is 16.3 Å². The molecule has 1 saturated heterocycles. The van der Waals surface area contributed by atoms with E-state index < -0.39 is 10.5 Å². The highest BCUT2D eigenvalue weighted by atomic mass is 16.6. The van der Waals surface area contributed by atoms with Crippen molar-refractivity contribution >= 4 is 11.9 Å². The van der Waals surface area contributed by atoms with Crippen molar-refractivity contribution in [2.75, 3.05) is 39.3 Å². The van der Waals surface area contributed by atoms with Crippen LogP contribution in [0.5, 0.6) is 6.01 Å². The summed E-state index contributed by atoms with van der Waals surface area (Å²) in [4.78, 5) is 30.2. The van der Waals surface area contributed by atoms with Crippen LogP contribution in [-0.2, 0) is 11.3 Å². The molecule has 0 unspecified atom stereocenters. The highest BCUT2D eigenvalue weighted by Gasteiger charge is 2.35. The zero-order chi connectivity index (χ0) is 18.9. The quantitative estimate of drug-likeness (QED) is 0.587. The molecule has 10 nitrogen and oxygen atoms in total. The average molecular weight is 367 g/mol. The number of fused-ring (bicyclic) bond motifs is 1. The Morgan fingerprint density at radius 3 is 2.77 bits per heavy atom. The Morgan fingerprint density at radius 1 is 1.38 bits per heavy atom. The third-order valence-electron chi connectivity index (χ3n) is 4.34. The van der Waals surface area contributed by atoms with Crippen molar-refractivity contribution in [2.24, 2.45) is 5.92 Å². The smallest absolute Gasteiger partial charge is 0.414 e. The Bertz CT molecular complexity index is 677. The first-order valence-electron chi connectivity index (χ1n) is 8.76. The van der Waals surface area contributed by atoms with Gasteiger partial charge in [-0.3, -0.25) is 9.47 Å². The highest BCUT2D eigenvalue weighted by Crippen LogP contribution is 2.22. The van der Waals surface area contributed by atoms with Gasteiger partial charge in [-0.1, -0.05) is 0 Å². The van der Waals surface area contributed by atoms with Gasteiger partial charge in [-0.05, 0) is 25.7 Å². The molecule has 3 rings (SSSR count). The average Bonchev–Trinajstić information content (AvgIpc) is 2.85. The number of hydrogen-bond donors (Lipinski definition) is 0. The summed E-state index contributed by atoms with van der Waals surface area (Å²) in [5.41, 5.74) is -0.479. The Kier molecular flexibility index (Phi) is 5.03. The van der Waals surface area contributed by atoms with Crippen molar-refractivity contribution in [2.45, 2.75) is 32.9 Å². The van der Waals surface area contributed by atoms with Crippen LogP contribution in [-0.4, -0.2) is 75.3 Å². The van der Waals surface area contributed by atoms with Crippen LogP contribution in [0.2, 0.25) is 0 Å². The van der Waals surface area contributed by atoms with Gasteiger partial charge in [0.05, 0.1) is 0 Å². The minimum atomic E-state index is -0.515. The van der Waals surface area contributed by atoms with Crippen molar-refractivity contribution in [1.29, 1.82) is 0 Å². The van der Waals surface area contributed by atoms with Crippen molar-refractivity contribution in [3.8, 4) is 6.01 Å². The summed E-state index contributed by atoms with van der Waals surface area (Å²) in [6, 6.07) is 0.302. The van der Waals surface area contributed by atoms with E-state index in [4.69, 9.17) is 9.47 Å². The summed E-state index contributed by atoms with van der Waals surface area (Å²) in [6.07, 6.45) is 1.15. The highest BCUT2D eigenvalue weighted by molar-refractivity contribution is 5.69. The molecule has 1 aromatic heterocycles. The van der Waals surface area contributed by atoms with E-state index in [1.807, 2.05) is 20.8 Å². The number of imidazole rings is 1. The Labute approximate surface area is 151 Å². The summed E-state index contributed by atoms with van der Waals surface area (Å²) in [7, 11) is 0. The van der Waals surface area contributed by atoms with E-state index in [-0.39, 0.29) is 11.9 Å². The third-order valence-corrected chi connectivity index (χ3v) is 4.34. The van der Waals surface area contributed by atoms with Gasteiger partial charge in [-0.15, -0.1) is 0 Å². The number of aromatic nitrogens is 2. The number of likely N-dealkylation sites (tertiary alicyclic amines) is 1. The number of hydrogen-bond acceptors (Lipinski definition) is 7. The largest absolute Gasteiger partial charge is 0.444 e. The van der Waals surface area contributed by atoms with Crippen molar-refractivity contribution in [1.82, 2.24) is 19.4 Å². The van der Waals surface area contributed by atoms with Crippen molar-refractivity contribution < 1.29 is 19.2 Å². The summed E-state index contributed by atoms with van der Waals surface area (Å²) in [6.45, 7) is 10.3. The zero-order valence-electron chi connectivity index (χ0n) is 15.4. The van der Waals surface area contributed by atoms with Gasteiger partial charge in [-0.2, -0.15) is 0 Å². The molecule has 26 heavy (non-hydrogen) atoms. The molecule has 0 atom stereocenters. The van der Waals surface area contributed by atoms with Gasteiger partial charge in [0, 0.05) is 50.2 Å². The van der Waals surface area contributed by atoms with E-state index >= 15 is 0 Å². The lowest BCUT2D eigenvalue weighted by atomic mass is 10.00. The van der Waals surface area contributed by atoms with E-state index in [2.05, 4.69) is 9.88 Å². The van der Waals surface area contributed by atoms with E-state index in [1.54, 1.807) is 9.47 Å². The molecule has 1 fully saturated rings. The standard InChI is InChI=1S/C16H25N5O5/c1-16(2,3)26-15(22)20-9-12(10-20)8-18-4-5-19-11-13(21(23)24)17-14(19)25-7-6-18/h11-12H,4-10H2,1-3H3. The van der Waals surface area contributed by atoms with Gasteiger partial charge in [0.25, 0.3) is 0 Å². The van der Waals surface area contributed by atoms with E-state index in [9.17, 15) is 14.9 Å². The predicted molar refractivity (Wildman–Crippen MR) is 92.1 cm³/mol. The molecule has 0 radical (unpaired) electrons. The van der Waals surface area contributed by atoms with E-state index in [0.29, 0.717) is 38.2 Å². The minimum Gasteiger partial charge on any atom is -0.444 e. The number of nitro groups is 1. The summed E-state index contributed by atoms with van der Waals surface area (Å²) in [5, 5.41) is 10.8. The van der Waals surface area contributed by atoms with Crippen LogP contribution >= 0.6 is 0 Å². The molecule has 0 spiro atoms. The zero-order valence-corrected chi connectivity index (χ0v) is 15.4. The number of carbonyl (C=O) groups excluding carboxylic acids is 1. The van der Waals surface area contributed by atoms with Crippen molar-refractivity contribution in [3.63, 3.8) is 0 Å². The fraction of sp³-hybridized carbons (Fsp3) is 0.750. The molecular formula is C16H25N5O5. The van der Waals surface area contributed by atoms with E-state index in [0.717, 1.165) is 19.6 Å². The molecular weight excluding hydrogens is 342 g/mol. The van der Waals surface area contributed by atoms with Crippen LogP contribution < -0.4 is 4.74 Å². The molecule has 0 aliphatic carbocycles. The van der Waals surface area contributed by atoms with Crippen LogP contribution in [0.3, 0.4) is 0 Å². The first-order valence-corrected chi connectivity index (χ1v) is 8.76. The maximum atomic E-state index is 12.0. The van der Waals surface area contributed by atoms with Gasteiger partial charge in [-0.25, -0.2) is 4.79 Å². The lowest BCUT2D eigenvalue weighted by molar-refractivity contribution is -0.389. The molecule has 0 aromatic carbocycles. The van der Waals surface area contributed by atoms with Crippen LogP contribution in [0.25, 0.3) is 0 Å². The Balaban J connectivity index is 1.47. The number of ether oxygens (including phenoxy) is 2. The molecule has 1 amide bonds. The number of nitrogens with zero attached hydrogens (tertiary/aromatic N) is 5. The lowest BCUT2D eigenvalue weighted by Gasteiger charge is -2.42. The van der Waals surface area contributed by atoms with E-state index in [1.165, 1.54) is 6.20 Å². The molecule has 3 heterocycles. The first-order chi connectivity index (χ1) is 12.2. The lowest BCUT2D eigenvalue weighted by Crippen LogP contribution is -2.55. The van der Waals surface area contributed by atoms with Gasteiger partial charge in [0.1, 0.15) is 18.4 Å². The fourth-order valence-electron chi connectivity index (χ4n) is 3.08. The maximum absolute atomic E-state index is 12.0. The monoisotopic (exact) mass is 367 g/mol. The number of carbonyl (C=O) groups is 1. The van der Waals surface area contributed by atoms with Crippen LogP contribution in [0.1, 0.15) is 20.8 Å². The van der Waals surface area contributed by atoms with Crippen LogP contribution in [0.4, 0.5) is 10.6 Å². The predicted octanol–water partition coefficient (Wildman–Crippen LogP) is 1.35. The topological polar surface area (TPSA) is 103 Å². The first kappa shape index (κ1) is 18.4. The molecule has 144 valence electrons. The molecule has 1 aromatic rings. The fourth-order valence-corrected chi connectivity index (χ4v) is 3.08. The number of amides is 1. The summed E-state index contributed by atoms with van der Waals surface area (Å²) >= 11 is 0. The third kappa shape index (κ3) is 4.43. The summed E-state index contributed by atoms with van der Waals surface area (Å²) in [5.74, 6) is 0.207. The molecule has 2 aliphatic rings. The normalized spacial score (nSPS) is 19.0. The van der Waals surface area contributed by atoms with Crippen LogP contribution in [0, 0.1) is 16.0 Å².